The topological polar surface area (TPSA) is 110 Å². The van der Waals surface area contributed by atoms with Crippen molar-refractivity contribution in [1.82, 2.24) is 20.6 Å². The van der Waals surface area contributed by atoms with E-state index in [0.29, 0.717) is 23.4 Å². The lowest BCUT2D eigenvalue weighted by atomic mass is 10.1. The molecule has 0 saturated heterocycles. The molecule has 7 heteroatoms. The summed E-state index contributed by atoms with van der Waals surface area (Å²) in [6.45, 7) is 4.51. The van der Waals surface area contributed by atoms with Crippen molar-refractivity contribution < 1.29 is 9.59 Å². The van der Waals surface area contributed by atoms with Crippen LogP contribution < -0.4 is 16.4 Å². The SMILES string of the molecule is CNC(=O)c1nc(-c2cccc(C(=O)NCc3ccc(C)cc3C)c2)cnc1N. The number of aryl methyl sites for hydroxylation is 2. The molecule has 4 N–H and O–H groups in total. The first-order chi connectivity index (χ1) is 13.9. The third-order valence-corrected chi connectivity index (χ3v) is 4.60. The molecule has 2 amide bonds. The van der Waals surface area contributed by atoms with Crippen LogP contribution in [0.3, 0.4) is 0 Å². The summed E-state index contributed by atoms with van der Waals surface area (Å²) in [6.07, 6.45) is 1.48. The second kappa shape index (κ2) is 8.52. The zero-order valence-electron chi connectivity index (χ0n) is 16.6. The Bertz CT molecular complexity index is 1080. The van der Waals surface area contributed by atoms with Crippen molar-refractivity contribution in [3.63, 3.8) is 0 Å². The van der Waals surface area contributed by atoms with E-state index >= 15 is 0 Å². The largest absolute Gasteiger partial charge is 0.382 e. The number of amides is 2. The number of carbonyl (C=O) groups excluding carboxylic acids is 2. The molecule has 0 aliphatic heterocycles. The second-order valence-electron chi connectivity index (χ2n) is 6.76. The van der Waals surface area contributed by atoms with Crippen LogP contribution in [0.2, 0.25) is 0 Å². The lowest BCUT2D eigenvalue weighted by Gasteiger charge is -2.10. The number of nitrogen functional groups attached to an aromatic ring is 1. The molecule has 29 heavy (non-hydrogen) atoms. The van der Waals surface area contributed by atoms with Crippen LogP contribution in [0.5, 0.6) is 0 Å². The number of anilines is 1. The Morgan fingerprint density at radius 3 is 2.59 bits per heavy atom. The fourth-order valence-corrected chi connectivity index (χ4v) is 2.96. The van der Waals surface area contributed by atoms with E-state index in [0.717, 1.165) is 11.1 Å². The molecule has 0 bridgehead atoms. The normalized spacial score (nSPS) is 10.4. The van der Waals surface area contributed by atoms with Gasteiger partial charge < -0.3 is 16.4 Å². The van der Waals surface area contributed by atoms with Gasteiger partial charge in [-0.3, -0.25) is 9.59 Å². The number of nitrogens with zero attached hydrogens (tertiary/aromatic N) is 2. The molecule has 2 aromatic carbocycles. The molecule has 0 fully saturated rings. The maximum atomic E-state index is 12.6. The number of aromatic nitrogens is 2. The predicted molar refractivity (Wildman–Crippen MR) is 112 cm³/mol. The molecule has 3 rings (SSSR count). The minimum absolute atomic E-state index is 0.0506. The number of carbonyl (C=O) groups is 2. The first-order valence-corrected chi connectivity index (χ1v) is 9.18. The van der Waals surface area contributed by atoms with Gasteiger partial charge in [0.15, 0.2) is 11.5 Å². The maximum Gasteiger partial charge on any atom is 0.273 e. The molecule has 0 unspecified atom stereocenters. The summed E-state index contributed by atoms with van der Waals surface area (Å²) < 4.78 is 0. The fourth-order valence-electron chi connectivity index (χ4n) is 2.96. The third-order valence-electron chi connectivity index (χ3n) is 4.60. The quantitative estimate of drug-likeness (QED) is 0.621. The first-order valence-electron chi connectivity index (χ1n) is 9.18. The molecular formula is C22H23N5O2. The van der Waals surface area contributed by atoms with Crippen LogP contribution in [0.4, 0.5) is 5.82 Å². The Balaban J connectivity index is 1.80. The Morgan fingerprint density at radius 2 is 1.86 bits per heavy atom. The van der Waals surface area contributed by atoms with Gasteiger partial charge in [0.05, 0.1) is 11.9 Å². The van der Waals surface area contributed by atoms with Crippen LogP contribution in [-0.2, 0) is 6.54 Å². The molecular weight excluding hydrogens is 366 g/mol. The second-order valence-corrected chi connectivity index (χ2v) is 6.76. The number of nitrogens with one attached hydrogen (secondary N) is 2. The minimum Gasteiger partial charge on any atom is -0.382 e. The van der Waals surface area contributed by atoms with Crippen LogP contribution in [0.1, 0.15) is 37.5 Å². The maximum absolute atomic E-state index is 12.6. The van der Waals surface area contributed by atoms with Gasteiger partial charge in [-0.15, -0.1) is 0 Å². The summed E-state index contributed by atoms with van der Waals surface area (Å²) in [7, 11) is 1.50. The van der Waals surface area contributed by atoms with Crippen molar-refractivity contribution in [2.24, 2.45) is 0 Å². The van der Waals surface area contributed by atoms with Crippen molar-refractivity contribution in [2.45, 2.75) is 20.4 Å². The van der Waals surface area contributed by atoms with E-state index in [1.54, 1.807) is 24.3 Å². The van der Waals surface area contributed by atoms with Crippen molar-refractivity contribution in [3.05, 3.63) is 76.6 Å². The molecule has 0 saturated carbocycles. The fraction of sp³-hybridized carbons (Fsp3) is 0.182. The molecule has 0 aliphatic carbocycles. The van der Waals surface area contributed by atoms with E-state index in [9.17, 15) is 9.59 Å². The lowest BCUT2D eigenvalue weighted by Crippen LogP contribution is -2.23. The summed E-state index contributed by atoms with van der Waals surface area (Å²) >= 11 is 0. The van der Waals surface area contributed by atoms with E-state index in [-0.39, 0.29) is 17.4 Å². The van der Waals surface area contributed by atoms with Crippen LogP contribution in [0.15, 0.2) is 48.7 Å². The van der Waals surface area contributed by atoms with Gasteiger partial charge in [0, 0.05) is 24.7 Å². The summed E-state index contributed by atoms with van der Waals surface area (Å²) in [4.78, 5) is 32.9. The Hall–Kier alpha value is -3.74. The lowest BCUT2D eigenvalue weighted by molar-refractivity contribution is 0.0945. The monoisotopic (exact) mass is 389 g/mol. The van der Waals surface area contributed by atoms with E-state index < -0.39 is 5.91 Å². The number of nitrogens with two attached hydrogens (primary N) is 1. The molecule has 7 nitrogen and oxygen atoms in total. The molecule has 0 atom stereocenters. The van der Waals surface area contributed by atoms with Gasteiger partial charge in [0.25, 0.3) is 11.8 Å². The van der Waals surface area contributed by atoms with Crippen LogP contribution >= 0.6 is 0 Å². The Morgan fingerprint density at radius 1 is 1.07 bits per heavy atom. The smallest absolute Gasteiger partial charge is 0.273 e. The summed E-state index contributed by atoms with van der Waals surface area (Å²) in [5, 5.41) is 5.43. The highest BCUT2D eigenvalue weighted by molar-refractivity contribution is 5.97. The number of benzene rings is 2. The van der Waals surface area contributed by atoms with Crippen molar-refractivity contribution in [1.29, 1.82) is 0 Å². The van der Waals surface area contributed by atoms with Crippen LogP contribution in [-0.4, -0.2) is 28.8 Å². The minimum atomic E-state index is -0.417. The predicted octanol–water partition coefficient (Wildman–Crippen LogP) is 2.63. The summed E-state index contributed by atoms with van der Waals surface area (Å²) in [5.74, 6) is -0.559. The Labute approximate surface area is 169 Å². The van der Waals surface area contributed by atoms with Crippen molar-refractivity contribution >= 4 is 17.6 Å². The Kier molecular flexibility index (Phi) is 5.87. The van der Waals surface area contributed by atoms with E-state index in [2.05, 4.69) is 26.7 Å². The van der Waals surface area contributed by atoms with Gasteiger partial charge >= 0.3 is 0 Å². The van der Waals surface area contributed by atoms with E-state index in [1.165, 1.54) is 18.8 Å². The molecule has 1 aromatic heterocycles. The molecule has 1 heterocycles. The van der Waals surface area contributed by atoms with Crippen LogP contribution in [0, 0.1) is 13.8 Å². The molecule has 3 aromatic rings. The van der Waals surface area contributed by atoms with Crippen molar-refractivity contribution in [2.75, 3.05) is 12.8 Å². The average molecular weight is 389 g/mol. The first kappa shape index (κ1) is 20.0. The zero-order valence-corrected chi connectivity index (χ0v) is 16.6. The van der Waals surface area contributed by atoms with Crippen molar-refractivity contribution in [3.8, 4) is 11.3 Å². The standard InChI is InChI=1S/C22H23N5O2/c1-13-7-8-17(14(2)9-13)11-26-21(28)16-6-4-5-15(10-16)18-12-25-20(23)19(27-18)22(29)24-3/h4-10,12H,11H2,1-3H3,(H2,23,25)(H,24,29)(H,26,28). The van der Waals surface area contributed by atoms with Gasteiger partial charge in [0.2, 0.25) is 0 Å². The highest BCUT2D eigenvalue weighted by Gasteiger charge is 2.14. The zero-order chi connectivity index (χ0) is 21.0. The summed E-state index contributed by atoms with van der Waals surface area (Å²) in [6, 6.07) is 13.1. The molecule has 0 spiro atoms. The molecule has 0 radical (unpaired) electrons. The average Bonchev–Trinajstić information content (AvgIpc) is 2.72. The van der Waals surface area contributed by atoms with Gasteiger partial charge in [-0.1, -0.05) is 35.9 Å². The molecule has 0 aliphatic rings. The highest BCUT2D eigenvalue weighted by Crippen LogP contribution is 2.20. The number of hydrogen-bond donors (Lipinski definition) is 3. The summed E-state index contributed by atoms with van der Waals surface area (Å²) in [5.41, 5.74) is 10.8. The van der Waals surface area contributed by atoms with E-state index in [1.807, 2.05) is 26.0 Å². The van der Waals surface area contributed by atoms with Gasteiger partial charge in [-0.05, 0) is 37.1 Å². The highest BCUT2D eigenvalue weighted by atomic mass is 16.2. The van der Waals surface area contributed by atoms with Gasteiger partial charge in [-0.25, -0.2) is 9.97 Å². The van der Waals surface area contributed by atoms with Gasteiger partial charge in [0.1, 0.15) is 0 Å². The third kappa shape index (κ3) is 4.57. The van der Waals surface area contributed by atoms with E-state index in [4.69, 9.17) is 5.73 Å². The molecule has 148 valence electrons. The van der Waals surface area contributed by atoms with Crippen LogP contribution in [0.25, 0.3) is 11.3 Å². The van der Waals surface area contributed by atoms with Gasteiger partial charge in [-0.2, -0.15) is 0 Å². The number of rotatable bonds is 5. The number of hydrogen-bond acceptors (Lipinski definition) is 5.